The maximum absolute atomic E-state index is 13.5. The van der Waals surface area contributed by atoms with Crippen LogP contribution in [0.3, 0.4) is 0 Å². The van der Waals surface area contributed by atoms with Crippen LogP contribution < -0.4 is 4.74 Å². The van der Waals surface area contributed by atoms with Crippen molar-refractivity contribution in [2.24, 2.45) is 0 Å². The van der Waals surface area contributed by atoms with Crippen LogP contribution in [0.2, 0.25) is 0 Å². The number of rotatable bonds is 9. The predicted octanol–water partition coefficient (Wildman–Crippen LogP) is 3.96. The van der Waals surface area contributed by atoms with E-state index in [0.29, 0.717) is 25.3 Å². The van der Waals surface area contributed by atoms with E-state index in [1.165, 1.54) is 0 Å². The van der Waals surface area contributed by atoms with Gasteiger partial charge in [-0.1, -0.05) is 24.3 Å². The number of hydrogen-bond donors (Lipinski definition) is 1. The van der Waals surface area contributed by atoms with Gasteiger partial charge in [0.1, 0.15) is 16.9 Å². The fourth-order valence-electron chi connectivity index (χ4n) is 4.67. The van der Waals surface area contributed by atoms with Crippen molar-refractivity contribution >= 4 is 22.8 Å². The predicted molar refractivity (Wildman–Crippen MR) is 140 cm³/mol. The molecule has 1 saturated heterocycles. The summed E-state index contributed by atoms with van der Waals surface area (Å²) in [5.41, 5.74) is 1.97. The van der Waals surface area contributed by atoms with Crippen LogP contribution in [0.4, 0.5) is 0 Å². The number of amides is 1. The Hall–Kier alpha value is -3.36. The monoisotopic (exact) mass is 508 g/mol. The highest BCUT2D eigenvalue weighted by Crippen LogP contribution is 2.28. The van der Waals surface area contributed by atoms with Crippen molar-refractivity contribution in [2.75, 3.05) is 33.3 Å². The third kappa shape index (κ3) is 7.11. The molecule has 4 rings (SSSR count). The zero-order chi connectivity index (χ0) is 26.6. The minimum atomic E-state index is -0.586. The molecule has 0 unspecified atom stereocenters. The largest absolute Gasteiger partial charge is 0.482 e. The number of aliphatic hydroxyl groups is 1. The first kappa shape index (κ1) is 26.7. The summed E-state index contributed by atoms with van der Waals surface area (Å²) in [5.74, 6) is 0.0542. The normalized spacial score (nSPS) is 17.1. The summed E-state index contributed by atoms with van der Waals surface area (Å²) in [6, 6.07) is 14.8. The van der Waals surface area contributed by atoms with Crippen LogP contribution in [0.1, 0.15) is 44.4 Å². The SMILES string of the molecule is CN(C(=O)Cc1cccc2occc12)[C@H](CN1CC[C@H](O)C1)c1cccc(OCC(=O)OC(C)(C)C)c1. The Morgan fingerprint density at radius 2 is 1.97 bits per heavy atom. The second-order valence-electron chi connectivity index (χ2n) is 10.6. The maximum atomic E-state index is 13.5. The van der Waals surface area contributed by atoms with Gasteiger partial charge in [-0.25, -0.2) is 4.79 Å². The first-order valence-electron chi connectivity index (χ1n) is 12.6. The van der Waals surface area contributed by atoms with Gasteiger partial charge in [0.25, 0.3) is 0 Å². The summed E-state index contributed by atoms with van der Waals surface area (Å²) in [7, 11) is 1.81. The fraction of sp³-hybridized carbons (Fsp3) is 0.448. The molecule has 1 aromatic heterocycles. The summed E-state index contributed by atoms with van der Waals surface area (Å²) in [5, 5.41) is 11.0. The number of likely N-dealkylation sites (N-methyl/N-ethyl adjacent to an activating group) is 1. The first-order chi connectivity index (χ1) is 17.6. The molecular weight excluding hydrogens is 472 g/mol. The van der Waals surface area contributed by atoms with Gasteiger partial charge in [-0.05, 0) is 62.6 Å². The molecule has 0 spiro atoms. The molecule has 1 aliphatic rings. The van der Waals surface area contributed by atoms with E-state index in [-0.39, 0.29) is 31.1 Å². The second kappa shape index (κ2) is 11.4. The van der Waals surface area contributed by atoms with Crippen LogP contribution in [0, 0.1) is 0 Å². The summed E-state index contributed by atoms with van der Waals surface area (Å²) in [6.45, 7) is 7.14. The van der Waals surface area contributed by atoms with Crippen molar-refractivity contribution in [3.63, 3.8) is 0 Å². The van der Waals surface area contributed by atoms with Crippen molar-refractivity contribution in [1.82, 2.24) is 9.80 Å². The summed E-state index contributed by atoms with van der Waals surface area (Å²) < 4.78 is 16.6. The smallest absolute Gasteiger partial charge is 0.344 e. The lowest BCUT2D eigenvalue weighted by atomic mass is 10.0. The Kier molecular flexibility index (Phi) is 8.19. The maximum Gasteiger partial charge on any atom is 0.344 e. The number of hydrogen-bond acceptors (Lipinski definition) is 7. The Morgan fingerprint density at radius 1 is 1.19 bits per heavy atom. The molecule has 2 atom stereocenters. The van der Waals surface area contributed by atoms with Crippen LogP contribution in [-0.2, 0) is 20.7 Å². The quantitative estimate of drug-likeness (QED) is 0.438. The van der Waals surface area contributed by atoms with Crippen LogP contribution >= 0.6 is 0 Å². The molecule has 198 valence electrons. The molecule has 8 nitrogen and oxygen atoms in total. The zero-order valence-corrected chi connectivity index (χ0v) is 22.0. The lowest BCUT2D eigenvalue weighted by molar-refractivity contribution is -0.157. The number of likely N-dealkylation sites (tertiary alicyclic amines) is 1. The molecule has 0 saturated carbocycles. The number of esters is 1. The molecule has 0 radical (unpaired) electrons. The Morgan fingerprint density at radius 3 is 2.70 bits per heavy atom. The number of benzene rings is 2. The van der Waals surface area contributed by atoms with Crippen molar-refractivity contribution < 1.29 is 28.6 Å². The number of furan rings is 1. The molecule has 37 heavy (non-hydrogen) atoms. The highest BCUT2D eigenvalue weighted by atomic mass is 16.6. The van der Waals surface area contributed by atoms with Gasteiger partial charge in [0.15, 0.2) is 6.61 Å². The molecule has 2 heterocycles. The molecule has 1 aliphatic heterocycles. The molecule has 2 aromatic carbocycles. The number of β-amino-alcohol motifs (C(OH)–C–C–N with tert-alkyl or cyclic N) is 1. The van der Waals surface area contributed by atoms with Gasteiger partial charge in [-0.3, -0.25) is 9.69 Å². The van der Waals surface area contributed by atoms with Crippen LogP contribution in [0.25, 0.3) is 11.0 Å². The average Bonchev–Trinajstić information content (AvgIpc) is 3.49. The Bertz CT molecular complexity index is 1230. The average molecular weight is 509 g/mol. The highest BCUT2D eigenvalue weighted by Gasteiger charge is 2.29. The van der Waals surface area contributed by atoms with Crippen molar-refractivity contribution in [3.8, 4) is 5.75 Å². The summed E-state index contributed by atoms with van der Waals surface area (Å²) in [6.07, 6.45) is 2.23. The number of aliphatic hydroxyl groups excluding tert-OH is 1. The number of nitrogens with zero attached hydrogens (tertiary/aromatic N) is 2. The van der Waals surface area contributed by atoms with E-state index in [4.69, 9.17) is 13.9 Å². The minimum absolute atomic E-state index is 0.0291. The van der Waals surface area contributed by atoms with Gasteiger partial charge in [-0.15, -0.1) is 0 Å². The molecule has 3 aromatic rings. The van der Waals surface area contributed by atoms with Crippen molar-refractivity contribution in [3.05, 3.63) is 65.9 Å². The summed E-state index contributed by atoms with van der Waals surface area (Å²) >= 11 is 0. The third-order valence-electron chi connectivity index (χ3n) is 6.49. The van der Waals surface area contributed by atoms with Crippen molar-refractivity contribution in [1.29, 1.82) is 0 Å². The Labute approximate surface area is 217 Å². The molecular formula is C29H36N2O6. The van der Waals surface area contributed by atoms with E-state index in [1.807, 2.05) is 70.3 Å². The molecule has 1 N–H and O–H groups in total. The summed E-state index contributed by atoms with van der Waals surface area (Å²) in [4.78, 5) is 29.5. The molecule has 8 heteroatoms. The van der Waals surface area contributed by atoms with E-state index in [9.17, 15) is 14.7 Å². The van der Waals surface area contributed by atoms with Gasteiger partial charge < -0.3 is 23.9 Å². The van der Waals surface area contributed by atoms with E-state index >= 15 is 0 Å². The van der Waals surface area contributed by atoms with Crippen LogP contribution in [-0.4, -0.2) is 71.8 Å². The fourth-order valence-corrected chi connectivity index (χ4v) is 4.67. The van der Waals surface area contributed by atoms with Gasteiger partial charge in [0.2, 0.25) is 5.91 Å². The minimum Gasteiger partial charge on any atom is -0.482 e. The van der Waals surface area contributed by atoms with Gasteiger partial charge >= 0.3 is 5.97 Å². The van der Waals surface area contributed by atoms with Gasteiger partial charge in [-0.2, -0.15) is 0 Å². The van der Waals surface area contributed by atoms with E-state index < -0.39 is 11.6 Å². The molecule has 1 fully saturated rings. The molecule has 1 amide bonds. The number of fused-ring (bicyclic) bond motifs is 1. The first-order valence-corrected chi connectivity index (χ1v) is 12.6. The van der Waals surface area contributed by atoms with E-state index in [2.05, 4.69) is 4.90 Å². The van der Waals surface area contributed by atoms with Gasteiger partial charge in [0, 0.05) is 32.1 Å². The topological polar surface area (TPSA) is 92.5 Å². The Balaban J connectivity index is 1.52. The van der Waals surface area contributed by atoms with Gasteiger partial charge in [0.05, 0.1) is 24.8 Å². The van der Waals surface area contributed by atoms with E-state index in [1.54, 1.807) is 17.2 Å². The number of ether oxygens (including phenoxy) is 2. The van der Waals surface area contributed by atoms with Crippen molar-refractivity contribution in [2.45, 2.75) is 51.4 Å². The second-order valence-corrected chi connectivity index (χ2v) is 10.6. The molecule has 0 bridgehead atoms. The third-order valence-corrected chi connectivity index (χ3v) is 6.49. The lowest BCUT2D eigenvalue weighted by Gasteiger charge is -2.32. The lowest BCUT2D eigenvalue weighted by Crippen LogP contribution is -2.39. The van der Waals surface area contributed by atoms with Crippen LogP contribution in [0.5, 0.6) is 5.75 Å². The number of carbonyl (C=O) groups is 2. The standard InChI is InChI=1S/C29H36N2O6/c1-29(2,3)37-28(34)19-36-23-9-5-8-21(15-23)25(18-31-13-11-22(32)17-31)30(4)27(33)16-20-7-6-10-26-24(20)12-14-35-26/h5-10,12,14-15,22,25,32H,11,13,16-19H2,1-4H3/t22-,25+/m0/s1. The van der Waals surface area contributed by atoms with Crippen LogP contribution in [0.15, 0.2) is 59.2 Å². The molecule has 0 aliphatic carbocycles. The zero-order valence-electron chi connectivity index (χ0n) is 22.0. The number of carbonyl (C=O) groups excluding carboxylic acids is 2. The highest BCUT2D eigenvalue weighted by molar-refractivity contribution is 5.87. The van der Waals surface area contributed by atoms with E-state index in [0.717, 1.165) is 28.6 Å².